The lowest BCUT2D eigenvalue weighted by atomic mass is 9.99. The number of nitrogens with one attached hydrogen (secondary N) is 2. The summed E-state index contributed by atoms with van der Waals surface area (Å²) >= 11 is 0. The maximum absolute atomic E-state index is 13.1. The fourth-order valence-corrected chi connectivity index (χ4v) is 6.30. The van der Waals surface area contributed by atoms with Crippen LogP contribution < -0.4 is 10.9 Å². The second-order valence-corrected chi connectivity index (χ2v) is 9.60. The van der Waals surface area contributed by atoms with Crippen molar-refractivity contribution in [2.45, 2.75) is 30.6 Å². The van der Waals surface area contributed by atoms with Crippen molar-refractivity contribution in [1.29, 1.82) is 0 Å². The molecular weight excluding hydrogens is 356 g/mol. The summed E-state index contributed by atoms with van der Waals surface area (Å²) in [6.07, 6.45) is 0.583. The number of phenolic OH excluding ortho intramolecular Hbond substituents is 1. The normalized spacial score (nSPS) is 34.0. The predicted molar refractivity (Wildman–Crippen MR) is 96.1 cm³/mol. The molecule has 3 saturated heterocycles. The van der Waals surface area contributed by atoms with Gasteiger partial charge in [-0.2, -0.15) is 0 Å². The van der Waals surface area contributed by atoms with Crippen LogP contribution in [0.25, 0.3) is 0 Å². The molecule has 8 nitrogen and oxygen atoms in total. The highest BCUT2D eigenvalue weighted by atomic mass is 32.2. The molecule has 0 spiro atoms. The first-order valence-corrected chi connectivity index (χ1v) is 10.7. The van der Waals surface area contributed by atoms with Gasteiger partial charge in [-0.05, 0) is 31.2 Å². The molecule has 4 atom stereocenters. The number of amides is 1. The fourth-order valence-electron chi connectivity index (χ4n) is 4.24. The topological polar surface area (TPSA) is 102 Å². The van der Waals surface area contributed by atoms with Crippen LogP contribution in [0.15, 0.2) is 24.3 Å². The van der Waals surface area contributed by atoms with Gasteiger partial charge >= 0.3 is 0 Å². The molecule has 1 aromatic rings. The molecule has 0 aromatic heterocycles. The standard InChI is InChI=1S/C17H24N4O4S/c1-20-6-7-21(16-10-26(24,25)9-15(16)20)17(23)14-8-13(18-19-14)11-2-4-12(22)5-3-11/h2-5,13-16,18-19,22H,6-10H2,1H3/t13?,14?,15-,16+/m0/s1. The average Bonchev–Trinajstić information content (AvgIpc) is 3.20. The molecule has 0 bridgehead atoms. The van der Waals surface area contributed by atoms with Crippen molar-refractivity contribution >= 4 is 15.7 Å². The van der Waals surface area contributed by atoms with Gasteiger partial charge in [0.25, 0.3) is 0 Å². The molecule has 3 heterocycles. The Morgan fingerprint density at radius 1 is 1.12 bits per heavy atom. The Bertz CT molecular complexity index is 797. The van der Waals surface area contributed by atoms with Crippen molar-refractivity contribution in [1.82, 2.24) is 20.7 Å². The first-order chi connectivity index (χ1) is 12.3. The number of nitrogens with zero attached hydrogens (tertiary/aromatic N) is 2. The van der Waals surface area contributed by atoms with Crippen LogP contribution >= 0.6 is 0 Å². The van der Waals surface area contributed by atoms with Gasteiger partial charge in [0.15, 0.2) is 9.84 Å². The first-order valence-electron chi connectivity index (χ1n) is 8.85. The van der Waals surface area contributed by atoms with E-state index in [0.29, 0.717) is 19.5 Å². The van der Waals surface area contributed by atoms with E-state index in [4.69, 9.17) is 0 Å². The van der Waals surface area contributed by atoms with E-state index in [2.05, 4.69) is 15.8 Å². The van der Waals surface area contributed by atoms with E-state index in [1.165, 1.54) is 0 Å². The second-order valence-electron chi connectivity index (χ2n) is 7.44. The minimum absolute atomic E-state index is 0.0277. The van der Waals surface area contributed by atoms with Gasteiger partial charge in [-0.3, -0.25) is 9.69 Å². The molecule has 3 aliphatic rings. The van der Waals surface area contributed by atoms with Crippen LogP contribution in [-0.2, 0) is 14.6 Å². The Morgan fingerprint density at radius 3 is 2.54 bits per heavy atom. The summed E-state index contributed by atoms with van der Waals surface area (Å²) in [5, 5.41) is 9.41. The number of carbonyl (C=O) groups is 1. The Hall–Kier alpha value is -1.68. The number of piperazine rings is 1. The van der Waals surface area contributed by atoms with E-state index in [9.17, 15) is 18.3 Å². The minimum Gasteiger partial charge on any atom is -0.508 e. The number of likely N-dealkylation sites (N-methyl/N-ethyl adjacent to an activating group) is 1. The Kier molecular flexibility index (Phi) is 4.42. The predicted octanol–water partition coefficient (Wildman–Crippen LogP) is -0.761. The molecule has 0 radical (unpaired) electrons. The highest BCUT2D eigenvalue weighted by Gasteiger charge is 2.48. The third-order valence-corrected chi connectivity index (χ3v) is 7.43. The molecule has 3 aliphatic heterocycles. The van der Waals surface area contributed by atoms with E-state index in [1.807, 2.05) is 19.2 Å². The zero-order valence-corrected chi connectivity index (χ0v) is 15.4. The van der Waals surface area contributed by atoms with Gasteiger partial charge in [-0.25, -0.2) is 19.3 Å². The largest absolute Gasteiger partial charge is 0.508 e. The first kappa shape index (κ1) is 17.7. The zero-order chi connectivity index (χ0) is 18.5. The quantitative estimate of drug-likeness (QED) is 0.620. The van der Waals surface area contributed by atoms with Gasteiger partial charge in [0.2, 0.25) is 5.91 Å². The number of fused-ring (bicyclic) bond motifs is 1. The molecular formula is C17H24N4O4S. The number of hydrazine groups is 1. The summed E-state index contributed by atoms with van der Waals surface area (Å²) in [6.45, 7) is 1.23. The third kappa shape index (κ3) is 3.20. The number of carbonyl (C=O) groups excluding carboxylic acids is 1. The summed E-state index contributed by atoms with van der Waals surface area (Å²) < 4.78 is 24.2. The Balaban J connectivity index is 1.47. The lowest BCUT2D eigenvalue weighted by Crippen LogP contribution is -2.62. The smallest absolute Gasteiger partial charge is 0.241 e. The van der Waals surface area contributed by atoms with Crippen molar-refractivity contribution in [2.24, 2.45) is 0 Å². The van der Waals surface area contributed by atoms with E-state index in [1.54, 1.807) is 17.0 Å². The van der Waals surface area contributed by atoms with Crippen LogP contribution in [0.2, 0.25) is 0 Å². The summed E-state index contributed by atoms with van der Waals surface area (Å²) in [5.41, 5.74) is 7.19. The second kappa shape index (κ2) is 6.49. The van der Waals surface area contributed by atoms with Crippen LogP contribution in [-0.4, -0.2) is 79.0 Å². The molecule has 2 unspecified atom stereocenters. The van der Waals surface area contributed by atoms with Crippen molar-refractivity contribution in [3.63, 3.8) is 0 Å². The average molecular weight is 380 g/mol. The number of hydrogen-bond donors (Lipinski definition) is 3. The van der Waals surface area contributed by atoms with E-state index < -0.39 is 9.84 Å². The number of phenols is 1. The Labute approximate surface area is 153 Å². The molecule has 3 fully saturated rings. The lowest BCUT2D eigenvalue weighted by molar-refractivity contribution is -0.138. The minimum atomic E-state index is -3.10. The van der Waals surface area contributed by atoms with Gasteiger partial charge in [0, 0.05) is 25.2 Å². The molecule has 9 heteroatoms. The summed E-state index contributed by atoms with van der Waals surface area (Å²) in [6, 6.07) is 6.12. The molecule has 1 amide bonds. The molecule has 142 valence electrons. The highest BCUT2D eigenvalue weighted by molar-refractivity contribution is 7.91. The van der Waals surface area contributed by atoms with Gasteiger partial charge < -0.3 is 10.0 Å². The van der Waals surface area contributed by atoms with Gasteiger partial charge in [-0.1, -0.05) is 12.1 Å². The highest BCUT2D eigenvalue weighted by Crippen LogP contribution is 2.29. The molecule has 4 rings (SSSR count). The number of sulfone groups is 1. The van der Waals surface area contributed by atoms with Crippen LogP contribution in [0.3, 0.4) is 0 Å². The van der Waals surface area contributed by atoms with Gasteiger partial charge in [-0.15, -0.1) is 0 Å². The lowest BCUT2D eigenvalue weighted by Gasteiger charge is -2.43. The number of hydrogen-bond acceptors (Lipinski definition) is 7. The number of rotatable bonds is 2. The molecule has 3 N–H and O–H groups in total. The number of aromatic hydroxyl groups is 1. The SMILES string of the molecule is CN1CCN(C(=O)C2CC(c3ccc(O)cc3)NN2)[C@@H]2CS(=O)(=O)C[C@@H]21. The van der Waals surface area contributed by atoms with Crippen molar-refractivity contribution in [3.05, 3.63) is 29.8 Å². The molecule has 1 aromatic carbocycles. The number of benzene rings is 1. The van der Waals surface area contributed by atoms with E-state index in [0.717, 1.165) is 5.56 Å². The van der Waals surface area contributed by atoms with Gasteiger partial charge in [0.1, 0.15) is 11.8 Å². The van der Waals surface area contributed by atoms with Crippen molar-refractivity contribution in [2.75, 3.05) is 31.6 Å². The summed E-state index contributed by atoms with van der Waals surface area (Å²) in [7, 11) is -1.18. The van der Waals surface area contributed by atoms with E-state index in [-0.39, 0.29) is 47.3 Å². The molecule has 26 heavy (non-hydrogen) atoms. The summed E-state index contributed by atoms with van der Waals surface area (Å²) in [4.78, 5) is 16.9. The fraction of sp³-hybridized carbons (Fsp3) is 0.588. The maximum atomic E-state index is 13.1. The van der Waals surface area contributed by atoms with Gasteiger partial charge in [0.05, 0.1) is 17.5 Å². The van der Waals surface area contributed by atoms with Crippen LogP contribution in [0.4, 0.5) is 0 Å². The van der Waals surface area contributed by atoms with Crippen LogP contribution in [0.5, 0.6) is 5.75 Å². The monoisotopic (exact) mass is 380 g/mol. The summed E-state index contributed by atoms with van der Waals surface area (Å²) in [5.74, 6) is 0.344. The Morgan fingerprint density at radius 2 is 1.81 bits per heavy atom. The zero-order valence-electron chi connectivity index (χ0n) is 14.6. The molecule has 0 saturated carbocycles. The van der Waals surface area contributed by atoms with Crippen LogP contribution in [0.1, 0.15) is 18.0 Å². The van der Waals surface area contributed by atoms with Crippen molar-refractivity contribution in [3.8, 4) is 5.75 Å². The third-order valence-electron chi connectivity index (χ3n) is 5.73. The van der Waals surface area contributed by atoms with Crippen molar-refractivity contribution < 1.29 is 18.3 Å². The van der Waals surface area contributed by atoms with E-state index >= 15 is 0 Å². The van der Waals surface area contributed by atoms with Crippen LogP contribution in [0, 0.1) is 0 Å². The maximum Gasteiger partial charge on any atom is 0.241 e. The molecule has 0 aliphatic carbocycles.